The number of H-pyrrole nitrogens is 5. The first kappa shape index (κ1) is 88.2. The predicted molar refractivity (Wildman–Crippen MR) is 338 cm³/mol. The van der Waals surface area contributed by atoms with E-state index < -0.39 is 57.1 Å². The maximum Gasteiger partial charge on any atom is 0.000496 e. The first-order chi connectivity index (χ1) is 38.3. The van der Waals surface area contributed by atoms with Crippen molar-refractivity contribution in [2.24, 2.45) is 0 Å². The molecule has 2 unspecified atom stereocenters. The third-order valence-corrected chi connectivity index (χ3v) is 12.9. The van der Waals surface area contributed by atoms with Crippen molar-refractivity contribution in [2.45, 2.75) is 207 Å². The number of unbranched alkanes of at least 4 members (excludes halogenated alkanes) is 7. The molecule has 0 aromatic carbocycles. The van der Waals surface area contributed by atoms with E-state index in [-0.39, 0.29) is 32.8 Å². The van der Waals surface area contributed by atoms with Crippen molar-refractivity contribution in [3.05, 3.63) is 83.7 Å². The van der Waals surface area contributed by atoms with Gasteiger partial charge in [0.2, 0.25) is 0 Å². The maximum atomic E-state index is 11.9. The van der Waals surface area contributed by atoms with Crippen LogP contribution in [-0.2, 0) is 60.1 Å². The number of aryl methyl sites for hydroxylation is 2. The van der Waals surface area contributed by atoms with E-state index in [1.165, 1.54) is 127 Å². The zero-order valence-corrected chi connectivity index (χ0v) is 56.7. The molecule has 0 aliphatic carbocycles. The molecule has 6 radical (unpaired) electrons. The van der Waals surface area contributed by atoms with Gasteiger partial charge in [0.1, 0.15) is 9.79 Å². The van der Waals surface area contributed by atoms with Gasteiger partial charge in [-0.2, -0.15) is 33.7 Å². The van der Waals surface area contributed by atoms with Gasteiger partial charge in [0.15, 0.2) is 0 Å². The number of nitrogens with one attached hydrogen (secondary N) is 5. The zero-order valence-electron chi connectivity index (χ0n) is 49.3. The monoisotopic (exact) mass is 1350 g/mol. The number of carbonyl (C=O) groups excluding carboxylic acids is 1. The topological polar surface area (TPSA) is 323 Å². The molecule has 0 saturated carbocycles. The Morgan fingerprint density at radius 2 is 0.951 bits per heavy atom. The van der Waals surface area contributed by atoms with Crippen LogP contribution in [0.4, 0.5) is 0 Å². The summed E-state index contributed by atoms with van der Waals surface area (Å²) in [4.78, 5) is 24.7. The van der Waals surface area contributed by atoms with Crippen LogP contribution < -0.4 is 0 Å². The maximum absolute atomic E-state index is 11.9. The normalized spacial score (nSPS) is 11.4. The molecule has 19 nitrogen and oxygen atoms in total. The van der Waals surface area contributed by atoms with Gasteiger partial charge >= 0.3 is 67.2 Å². The molecule has 0 aliphatic rings. The molecule has 471 valence electrons. The Balaban J connectivity index is -0.000000310. The van der Waals surface area contributed by atoms with Crippen LogP contribution in [0.3, 0.4) is 0 Å². The summed E-state index contributed by atoms with van der Waals surface area (Å²) in [5, 5.41) is 0. The minimum Gasteiger partial charge on any atom is -0.368 e. The smallest absolute Gasteiger partial charge is 0.000496 e. The van der Waals surface area contributed by atoms with E-state index in [2.05, 4.69) is 129 Å². The zero-order chi connectivity index (χ0) is 64.7. The van der Waals surface area contributed by atoms with E-state index in [1.54, 1.807) is 0 Å². The van der Waals surface area contributed by atoms with Gasteiger partial charge in [0.25, 0.3) is 20.2 Å². The number of aromatic amines is 5. The quantitative estimate of drug-likeness (QED) is 0.0135. The molecule has 5 aromatic heterocycles. The Morgan fingerprint density at radius 3 is 1.26 bits per heavy atom. The fourth-order valence-corrected chi connectivity index (χ4v) is 8.97. The Hall–Kier alpha value is -2.62. The number of hydrogen-bond acceptors (Lipinski definition) is 10. The van der Waals surface area contributed by atoms with Crippen molar-refractivity contribution < 1.29 is 72.0 Å². The molecule has 5 aromatic rings. The number of aromatic nitrogens is 5. The Morgan fingerprint density at radius 1 is 0.549 bits per heavy atom. The summed E-state index contributed by atoms with van der Waals surface area (Å²) >= 11 is -1.33. The molecule has 0 fully saturated rings. The Labute approximate surface area is 517 Å². The first-order valence-electron chi connectivity index (χ1n) is 26.3. The summed E-state index contributed by atoms with van der Waals surface area (Å²) in [5.74, 6) is -0.274. The van der Waals surface area contributed by atoms with Crippen molar-refractivity contribution >= 4 is 110 Å². The second-order valence-corrected chi connectivity index (χ2v) is 28.4. The summed E-state index contributed by atoms with van der Waals surface area (Å²) in [6, 6.07) is 15.2. The molecular weight excluding hydrogens is 1260 g/mol. The number of rotatable bonds is 22. The van der Waals surface area contributed by atoms with Crippen LogP contribution in [0.25, 0.3) is 22.8 Å². The van der Waals surface area contributed by atoms with Gasteiger partial charge in [-0.15, -0.1) is 0 Å². The molecule has 5 heterocycles. The third-order valence-electron chi connectivity index (χ3n) is 10.6. The van der Waals surface area contributed by atoms with E-state index >= 15 is 0 Å². The van der Waals surface area contributed by atoms with Gasteiger partial charge in [-0.3, -0.25) is 23.0 Å². The van der Waals surface area contributed by atoms with Gasteiger partial charge in [0, 0.05) is 52.8 Å². The van der Waals surface area contributed by atoms with Crippen molar-refractivity contribution in [3.8, 4) is 22.8 Å². The van der Waals surface area contributed by atoms with Gasteiger partial charge < -0.3 is 29.1 Å². The van der Waals surface area contributed by atoms with Crippen LogP contribution in [0.5, 0.6) is 0 Å². The molecule has 0 saturated heterocycles. The largest absolute Gasteiger partial charge is 0.368 e. The predicted octanol–water partition coefficient (Wildman–Crippen LogP) is 15.7. The summed E-state index contributed by atoms with van der Waals surface area (Å²) in [7, 11) is 14.5. The standard InChI is InChI=1S/C17H26N2O6S2.C17H26N2.C8H18.C4H5N.C2H4O5S.3CH3B.ClHO3S.3ClH.Fe/c1-4-6-8-12(7-5-2)13-9-16(27(23,24)25)17(19-13)14-10-15(11(3)18-14)26(20,21)22;1-4-6-8-14(7-5-2)15-11-12-17(19-15)16-10-9-13(3)18-16;1-3-5-7-8-6-4-2;1-2-4-5-3-1;1-2(3)7-8(4,5)6;3*1-2;1-5(2,3)4;;;;/h9-10,12,18-19H,4-8H2,1-3H3,(H,20,21,22)(H,23,24,25);9-12,14,18-19H,4-8H2,1-3H3;3-8H2,1-2H3;1-5H;1H3,(H,4,5,6);3*1H3;(H,2,3,4);3*1H;/q;;;;;;;;;;;;+3/p-3. The van der Waals surface area contributed by atoms with Crippen LogP contribution in [0.15, 0.2) is 70.7 Å². The molecule has 0 amide bonds. The average Bonchev–Trinajstić information content (AvgIpc) is 4.25. The van der Waals surface area contributed by atoms with E-state index in [9.17, 15) is 39.2 Å². The van der Waals surface area contributed by atoms with Crippen molar-refractivity contribution in [3.63, 3.8) is 0 Å². The number of hydrogen-bond donors (Lipinski definition) is 9. The van der Waals surface area contributed by atoms with E-state index in [1.807, 2.05) is 31.5 Å². The molecule has 2 atom stereocenters. The Kier molecular flexibility index (Phi) is 55.5. The average molecular weight is 1350 g/mol. The van der Waals surface area contributed by atoms with Gasteiger partial charge in [0.05, 0.1) is 46.3 Å². The summed E-state index contributed by atoms with van der Waals surface area (Å²) in [6.45, 7) is 22.1. The summed E-state index contributed by atoms with van der Waals surface area (Å²) in [5.41, 5.74) is 6.08. The van der Waals surface area contributed by atoms with Crippen molar-refractivity contribution in [1.29, 1.82) is 0 Å². The molecule has 5 rings (SSSR count). The van der Waals surface area contributed by atoms with E-state index in [4.69, 9.17) is 47.8 Å². The number of halogens is 4. The second-order valence-electron chi connectivity index (χ2n) is 17.1. The fourth-order valence-electron chi connectivity index (χ4n) is 7.28. The fraction of sp³-hybridized carbons (Fsp3) is 0.588. The molecule has 0 spiro atoms. The van der Waals surface area contributed by atoms with Crippen molar-refractivity contribution in [1.82, 2.24) is 24.9 Å². The van der Waals surface area contributed by atoms with Gasteiger partial charge in [-0.25, -0.2) is 0 Å². The van der Waals surface area contributed by atoms with Gasteiger partial charge in [-0.1, -0.05) is 139 Å². The third kappa shape index (κ3) is 48.6. The van der Waals surface area contributed by atoms with Crippen LogP contribution in [-0.4, -0.2) is 106 Å². The molecule has 9 N–H and O–H groups in total. The van der Waals surface area contributed by atoms with Crippen LogP contribution in [0, 0.1) is 13.8 Å². The SMILES string of the molecule is CC(=O)OS(=O)(=O)O.CCCCC(CCC)c1cc(S(=O)(=O)O)c(-c2cc(S(=O)(=O)O)c(C)[nH]2)[nH]1.CCCCC(CCC)c1ccc(-c2ccc(C)[nH]2)[nH]1.CCCCCCCC.O=S(=O)(O)Cl.[B]C.[B]C.[B]C.[Cl][Fe]([Cl])[Cl].c1cc[nH]c1. The molecule has 0 aliphatic heterocycles. The van der Waals surface area contributed by atoms with Crippen molar-refractivity contribution in [2.75, 3.05) is 0 Å². The minimum atomic E-state index is -4.57. The van der Waals surface area contributed by atoms with Crippen LogP contribution >= 0.6 is 41.0 Å². The van der Waals surface area contributed by atoms with E-state index in [0.717, 1.165) is 45.1 Å². The molecular formula is C51H89B3Cl4FeN5O14S4. The second kappa shape index (κ2) is 51.6. The number of carbonyl (C=O) groups is 1. The van der Waals surface area contributed by atoms with Crippen LogP contribution in [0.1, 0.15) is 186 Å². The summed E-state index contributed by atoms with van der Waals surface area (Å²) in [6.07, 6.45) is 23.3. The first-order valence-corrected chi connectivity index (χ1v) is 37.4. The van der Waals surface area contributed by atoms with Gasteiger partial charge in [-0.05, 0) is 99.9 Å². The molecule has 31 heteroatoms. The van der Waals surface area contributed by atoms with E-state index in [0.29, 0.717) is 11.6 Å². The molecule has 82 heavy (non-hydrogen) atoms. The van der Waals surface area contributed by atoms with Crippen LogP contribution in [0.2, 0.25) is 20.5 Å². The molecule has 0 bridgehead atoms. The Bertz CT molecular complexity index is 2750. The summed E-state index contributed by atoms with van der Waals surface area (Å²) < 4.78 is 121. The minimum absolute atomic E-state index is 0.0723.